The molecule has 0 amide bonds. The number of rotatable bonds is 2. The molecule has 1 aromatic rings. The van der Waals surface area contributed by atoms with E-state index in [0.717, 1.165) is 18.5 Å². The Hall–Kier alpha value is -0.860. The van der Waals surface area contributed by atoms with Gasteiger partial charge in [-0.05, 0) is 49.3 Å². The van der Waals surface area contributed by atoms with Crippen molar-refractivity contribution in [1.82, 2.24) is 10.2 Å². The van der Waals surface area contributed by atoms with Gasteiger partial charge in [-0.1, -0.05) is 24.3 Å². The lowest BCUT2D eigenvalue weighted by molar-refractivity contribution is 0.189. The predicted octanol–water partition coefficient (Wildman–Crippen LogP) is 2.36. The van der Waals surface area contributed by atoms with Gasteiger partial charge < -0.3 is 5.32 Å². The van der Waals surface area contributed by atoms with Gasteiger partial charge in [-0.15, -0.1) is 0 Å². The van der Waals surface area contributed by atoms with Crippen molar-refractivity contribution in [2.24, 2.45) is 5.92 Å². The van der Waals surface area contributed by atoms with E-state index in [1.807, 2.05) is 0 Å². The molecule has 1 saturated carbocycles. The minimum Gasteiger partial charge on any atom is -0.309 e. The van der Waals surface area contributed by atoms with Crippen molar-refractivity contribution in [3.63, 3.8) is 0 Å². The van der Waals surface area contributed by atoms with Crippen LogP contribution in [0, 0.1) is 5.92 Å². The van der Waals surface area contributed by atoms with Gasteiger partial charge in [0.15, 0.2) is 0 Å². The van der Waals surface area contributed by atoms with E-state index in [-0.39, 0.29) is 0 Å². The van der Waals surface area contributed by atoms with Crippen molar-refractivity contribution < 1.29 is 0 Å². The third-order valence-corrected chi connectivity index (χ3v) is 5.16. The predicted molar refractivity (Wildman–Crippen MR) is 73.6 cm³/mol. The summed E-state index contributed by atoms with van der Waals surface area (Å²) in [5, 5.41) is 3.72. The minimum atomic E-state index is 0.564. The first-order valence-electron chi connectivity index (χ1n) is 7.45. The van der Waals surface area contributed by atoms with Gasteiger partial charge in [-0.25, -0.2) is 0 Å². The van der Waals surface area contributed by atoms with Gasteiger partial charge in [-0.2, -0.15) is 0 Å². The monoisotopic (exact) mass is 242 g/mol. The molecule has 1 saturated heterocycles. The van der Waals surface area contributed by atoms with E-state index in [2.05, 4.69) is 34.5 Å². The largest absolute Gasteiger partial charge is 0.309 e. The van der Waals surface area contributed by atoms with Crippen LogP contribution in [0.3, 0.4) is 0 Å². The van der Waals surface area contributed by atoms with Gasteiger partial charge >= 0.3 is 0 Å². The van der Waals surface area contributed by atoms with Crippen LogP contribution in [0.15, 0.2) is 24.3 Å². The quantitative estimate of drug-likeness (QED) is 0.856. The molecule has 0 spiro atoms. The molecule has 2 heteroatoms. The first-order valence-corrected chi connectivity index (χ1v) is 7.45. The molecule has 0 radical (unpaired) electrons. The van der Waals surface area contributed by atoms with E-state index in [4.69, 9.17) is 0 Å². The highest BCUT2D eigenvalue weighted by Gasteiger charge is 2.38. The lowest BCUT2D eigenvalue weighted by Gasteiger charge is -2.34. The second-order valence-corrected chi connectivity index (χ2v) is 6.24. The van der Waals surface area contributed by atoms with Gasteiger partial charge in [0.2, 0.25) is 0 Å². The third-order valence-electron chi connectivity index (χ3n) is 5.16. The Labute approximate surface area is 109 Å². The van der Waals surface area contributed by atoms with Crippen LogP contribution in [-0.2, 0) is 6.42 Å². The molecule has 96 valence electrons. The number of piperidine rings is 1. The van der Waals surface area contributed by atoms with E-state index in [1.54, 1.807) is 11.1 Å². The first kappa shape index (κ1) is 11.0. The summed E-state index contributed by atoms with van der Waals surface area (Å²) < 4.78 is 0. The molecule has 1 aliphatic carbocycles. The normalized spacial score (nSPS) is 34.8. The molecule has 2 fully saturated rings. The number of hydrogen-bond acceptors (Lipinski definition) is 2. The van der Waals surface area contributed by atoms with E-state index >= 15 is 0 Å². The zero-order chi connectivity index (χ0) is 11.9. The Kier molecular flexibility index (Phi) is 2.66. The lowest BCUT2D eigenvalue weighted by atomic mass is 9.93. The SMILES string of the molecule is c1ccc2c(c1)CCNC2CN1CC2CCC1C2. The minimum absolute atomic E-state index is 0.564. The van der Waals surface area contributed by atoms with E-state index in [1.165, 1.54) is 38.8 Å². The highest BCUT2D eigenvalue weighted by atomic mass is 15.2. The standard InChI is InChI=1S/C16H22N2/c1-2-4-15-13(3-1)7-8-17-16(15)11-18-10-12-5-6-14(18)9-12/h1-4,12,14,16-17H,5-11H2. The molecule has 2 nitrogen and oxygen atoms in total. The van der Waals surface area contributed by atoms with Crippen LogP contribution in [0.2, 0.25) is 0 Å². The van der Waals surface area contributed by atoms with Gasteiger partial charge in [-0.3, -0.25) is 4.90 Å². The Morgan fingerprint density at radius 1 is 1.22 bits per heavy atom. The lowest BCUT2D eigenvalue weighted by Crippen LogP contribution is -2.42. The molecular formula is C16H22N2. The second kappa shape index (κ2) is 4.36. The Morgan fingerprint density at radius 3 is 3.00 bits per heavy atom. The molecular weight excluding hydrogens is 220 g/mol. The van der Waals surface area contributed by atoms with E-state index in [9.17, 15) is 0 Å². The number of benzene rings is 1. The molecule has 1 aromatic carbocycles. The fourth-order valence-corrected chi connectivity index (χ4v) is 4.24. The van der Waals surface area contributed by atoms with Crippen LogP contribution in [-0.4, -0.2) is 30.6 Å². The average molecular weight is 242 g/mol. The molecule has 3 aliphatic rings. The number of likely N-dealkylation sites (tertiary alicyclic amines) is 1. The van der Waals surface area contributed by atoms with Crippen LogP contribution in [0.25, 0.3) is 0 Å². The van der Waals surface area contributed by atoms with Crippen molar-refractivity contribution in [3.05, 3.63) is 35.4 Å². The van der Waals surface area contributed by atoms with Gasteiger partial charge in [0, 0.05) is 25.2 Å². The zero-order valence-corrected chi connectivity index (χ0v) is 10.9. The second-order valence-electron chi connectivity index (χ2n) is 6.24. The van der Waals surface area contributed by atoms with Crippen LogP contribution >= 0.6 is 0 Å². The topological polar surface area (TPSA) is 15.3 Å². The van der Waals surface area contributed by atoms with Crippen molar-refractivity contribution >= 4 is 0 Å². The maximum Gasteiger partial charge on any atom is 0.0452 e. The molecule has 18 heavy (non-hydrogen) atoms. The summed E-state index contributed by atoms with van der Waals surface area (Å²) in [4.78, 5) is 2.74. The summed E-state index contributed by atoms with van der Waals surface area (Å²) in [6.45, 7) is 3.72. The van der Waals surface area contributed by atoms with Gasteiger partial charge in [0.25, 0.3) is 0 Å². The number of fused-ring (bicyclic) bond motifs is 3. The molecule has 1 N–H and O–H groups in total. The molecule has 2 bridgehead atoms. The van der Waals surface area contributed by atoms with Crippen LogP contribution < -0.4 is 5.32 Å². The molecule has 3 unspecified atom stereocenters. The Balaban J connectivity index is 1.53. The van der Waals surface area contributed by atoms with Crippen molar-refractivity contribution in [2.75, 3.05) is 19.6 Å². The molecule has 2 aliphatic heterocycles. The number of nitrogens with zero attached hydrogens (tertiary/aromatic N) is 1. The molecule has 3 atom stereocenters. The summed E-state index contributed by atoms with van der Waals surface area (Å²) in [5.41, 5.74) is 3.11. The summed E-state index contributed by atoms with van der Waals surface area (Å²) >= 11 is 0. The highest BCUT2D eigenvalue weighted by Crippen LogP contribution is 2.38. The fraction of sp³-hybridized carbons (Fsp3) is 0.625. The zero-order valence-electron chi connectivity index (χ0n) is 10.9. The van der Waals surface area contributed by atoms with Crippen LogP contribution in [0.5, 0.6) is 0 Å². The molecule has 2 heterocycles. The number of hydrogen-bond donors (Lipinski definition) is 1. The van der Waals surface area contributed by atoms with Crippen molar-refractivity contribution in [1.29, 1.82) is 0 Å². The van der Waals surface area contributed by atoms with Gasteiger partial charge in [0.05, 0.1) is 0 Å². The summed E-state index contributed by atoms with van der Waals surface area (Å²) in [5.74, 6) is 1.01. The third kappa shape index (κ3) is 1.79. The van der Waals surface area contributed by atoms with Crippen molar-refractivity contribution in [3.8, 4) is 0 Å². The summed E-state index contributed by atoms with van der Waals surface area (Å²) in [6.07, 6.45) is 5.59. The smallest absolute Gasteiger partial charge is 0.0452 e. The molecule has 4 rings (SSSR count). The Bertz CT molecular complexity index is 442. The van der Waals surface area contributed by atoms with E-state index in [0.29, 0.717) is 6.04 Å². The fourth-order valence-electron chi connectivity index (χ4n) is 4.24. The average Bonchev–Trinajstić information content (AvgIpc) is 3.01. The maximum absolute atomic E-state index is 3.72. The van der Waals surface area contributed by atoms with Crippen LogP contribution in [0.1, 0.15) is 36.4 Å². The maximum atomic E-state index is 3.72. The van der Waals surface area contributed by atoms with Crippen LogP contribution in [0.4, 0.5) is 0 Å². The van der Waals surface area contributed by atoms with E-state index < -0.39 is 0 Å². The highest BCUT2D eigenvalue weighted by molar-refractivity contribution is 5.32. The number of nitrogens with one attached hydrogen (secondary N) is 1. The molecule has 0 aromatic heterocycles. The van der Waals surface area contributed by atoms with Crippen molar-refractivity contribution in [2.45, 2.75) is 37.8 Å². The summed E-state index contributed by atoms with van der Waals surface area (Å²) in [7, 11) is 0. The van der Waals surface area contributed by atoms with Gasteiger partial charge in [0.1, 0.15) is 0 Å². The Morgan fingerprint density at radius 2 is 2.17 bits per heavy atom. The summed E-state index contributed by atoms with van der Waals surface area (Å²) in [6, 6.07) is 10.5. The first-order chi connectivity index (χ1) is 8.90.